The topological polar surface area (TPSA) is 68.2 Å². The molecule has 140 valence electrons. The summed E-state index contributed by atoms with van der Waals surface area (Å²) in [6.45, 7) is 6.60. The minimum absolute atomic E-state index is 0.315. The van der Waals surface area contributed by atoms with E-state index < -0.39 is 0 Å². The minimum atomic E-state index is -0.315. The molecule has 0 atom stereocenters. The number of methoxy groups -OCH3 is 1. The molecule has 0 spiro atoms. The van der Waals surface area contributed by atoms with Gasteiger partial charge in [-0.1, -0.05) is 30.3 Å². The van der Waals surface area contributed by atoms with Crippen molar-refractivity contribution in [1.29, 1.82) is 0 Å². The molecule has 27 heavy (non-hydrogen) atoms. The minimum Gasteiger partial charge on any atom is -0.497 e. The van der Waals surface area contributed by atoms with E-state index in [1.165, 1.54) is 11.1 Å². The summed E-state index contributed by atoms with van der Waals surface area (Å²) in [7, 11) is 1.59. The van der Waals surface area contributed by atoms with Gasteiger partial charge in [0.1, 0.15) is 5.75 Å². The Balaban J connectivity index is 1.74. The third kappa shape index (κ3) is 4.28. The zero-order valence-electron chi connectivity index (χ0n) is 16.0. The third-order valence-corrected chi connectivity index (χ3v) is 4.53. The number of urea groups is 1. The lowest BCUT2D eigenvalue weighted by molar-refractivity contribution is 0.262. The number of aryl methyl sites for hydroxylation is 2. The Kier molecular flexibility index (Phi) is 5.45. The number of nitrogens with zero attached hydrogens (tertiary/aromatic N) is 2. The Hall–Kier alpha value is -3.28. The van der Waals surface area contributed by atoms with Crippen LogP contribution in [0.25, 0.3) is 0 Å². The van der Waals surface area contributed by atoms with Gasteiger partial charge < -0.3 is 15.4 Å². The Bertz CT molecular complexity index is 963. The second-order valence-electron chi connectivity index (χ2n) is 6.44. The van der Waals surface area contributed by atoms with Gasteiger partial charge in [0, 0.05) is 11.8 Å². The van der Waals surface area contributed by atoms with Crippen LogP contribution in [0, 0.1) is 20.8 Å². The van der Waals surface area contributed by atoms with Gasteiger partial charge in [-0.05, 0) is 44.0 Å². The van der Waals surface area contributed by atoms with Gasteiger partial charge in [0.2, 0.25) is 0 Å². The van der Waals surface area contributed by atoms with Crippen LogP contribution in [0.5, 0.6) is 5.75 Å². The van der Waals surface area contributed by atoms with Crippen LogP contribution in [0.4, 0.5) is 16.2 Å². The van der Waals surface area contributed by atoms with Crippen molar-refractivity contribution in [3.63, 3.8) is 0 Å². The van der Waals surface area contributed by atoms with Gasteiger partial charge in [-0.2, -0.15) is 5.10 Å². The Labute approximate surface area is 159 Å². The number of anilines is 2. The highest BCUT2D eigenvalue weighted by Gasteiger charge is 2.15. The SMILES string of the molecule is COc1cccc(NC(=O)Nc2c(C)nn(Cc3ccccc3C)c2C)c1. The molecule has 6 nitrogen and oxygen atoms in total. The van der Waals surface area contributed by atoms with Crippen LogP contribution in [0.1, 0.15) is 22.5 Å². The smallest absolute Gasteiger partial charge is 0.323 e. The molecule has 0 fully saturated rings. The van der Waals surface area contributed by atoms with E-state index in [4.69, 9.17) is 4.74 Å². The summed E-state index contributed by atoms with van der Waals surface area (Å²) in [6, 6.07) is 15.1. The summed E-state index contributed by atoms with van der Waals surface area (Å²) >= 11 is 0. The number of carbonyl (C=O) groups is 1. The number of hydrogen-bond donors (Lipinski definition) is 2. The Morgan fingerprint density at radius 1 is 1.07 bits per heavy atom. The van der Waals surface area contributed by atoms with Crippen molar-refractivity contribution in [1.82, 2.24) is 9.78 Å². The predicted molar refractivity (Wildman–Crippen MR) is 108 cm³/mol. The number of benzene rings is 2. The van der Waals surface area contributed by atoms with E-state index in [2.05, 4.69) is 34.8 Å². The maximum atomic E-state index is 12.4. The number of ether oxygens (including phenoxy) is 1. The highest BCUT2D eigenvalue weighted by molar-refractivity contribution is 6.00. The highest BCUT2D eigenvalue weighted by atomic mass is 16.5. The molecular weight excluding hydrogens is 340 g/mol. The molecule has 6 heteroatoms. The van der Waals surface area contributed by atoms with Crippen LogP contribution in [0.3, 0.4) is 0 Å². The van der Waals surface area contributed by atoms with Crippen LogP contribution in [0.2, 0.25) is 0 Å². The summed E-state index contributed by atoms with van der Waals surface area (Å²) in [6.07, 6.45) is 0. The second kappa shape index (κ2) is 7.95. The van der Waals surface area contributed by atoms with E-state index >= 15 is 0 Å². The summed E-state index contributed by atoms with van der Waals surface area (Å²) in [5.41, 5.74) is 5.50. The van der Waals surface area contributed by atoms with E-state index in [1.807, 2.05) is 48.9 Å². The molecule has 0 aliphatic heterocycles. The Morgan fingerprint density at radius 2 is 1.85 bits per heavy atom. The molecule has 3 aromatic rings. The monoisotopic (exact) mass is 364 g/mol. The third-order valence-electron chi connectivity index (χ3n) is 4.53. The van der Waals surface area contributed by atoms with Gasteiger partial charge in [-0.25, -0.2) is 4.79 Å². The van der Waals surface area contributed by atoms with E-state index in [0.29, 0.717) is 18.0 Å². The van der Waals surface area contributed by atoms with Gasteiger partial charge in [-0.3, -0.25) is 4.68 Å². The summed E-state index contributed by atoms with van der Waals surface area (Å²) < 4.78 is 7.09. The van der Waals surface area contributed by atoms with Crippen LogP contribution in [-0.4, -0.2) is 22.9 Å². The average Bonchev–Trinajstić information content (AvgIpc) is 2.91. The number of rotatable bonds is 5. The first-order valence-electron chi connectivity index (χ1n) is 8.78. The van der Waals surface area contributed by atoms with Crippen molar-refractivity contribution in [3.05, 3.63) is 71.0 Å². The fraction of sp³-hybridized carbons (Fsp3) is 0.238. The number of nitrogens with one attached hydrogen (secondary N) is 2. The lowest BCUT2D eigenvalue weighted by atomic mass is 10.1. The number of aromatic nitrogens is 2. The zero-order valence-corrected chi connectivity index (χ0v) is 16.0. The average molecular weight is 364 g/mol. The van der Waals surface area contributed by atoms with Crippen LogP contribution in [0.15, 0.2) is 48.5 Å². The normalized spacial score (nSPS) is 10.5. The first kappa shape index (κ1) is 18.5. The van der Waals surface area contributed by atoms with Crippen LogP contribution in [-0.2, 0) is 6.54 Å². The molecule has 0 unspecified atom stereocenters. The van der Waals surface area contributed by atoms with Crippen molar-refractivity contribution in [2.75, 3.05) is 17.7 Å². The summed E-state index contributed by atoms with van der Waals surface area (Å²) in [4.78, 5) is 12.4. The van der Waals surface area contributed by atoms with Crippen molar-refractivity contribution < 1.29 is 9.53 Å². The zero-order chi connectivity index (χ0) is 19.4. The van der Waals surface area contributed by atoms with Crippen molar-refractivity contribution >= 4 is 17.4 Å². The largest absolute Gasteiger partial charge is 0.497 e. The molecule has 2 N–H and O–H groups in total. The molecule has 0 saturated heterocycles. The molecule has 2 aromatic carbocycles. The Morgan fingerprint density at radius 3 is 2.59 bits per heavy atom. The molecule has 0 bridgehead atoms. The predicted octanol–water partition coefficient (Wildman–Crippen LogP) is 4.51. The molecule has 0 radical (unpaired) electrons. The molecule has 0 saturated carbocycles. The molecule has 1 aromatic heterocycles. The molecule has 2 amide bonds. The van der Waals surface area contributed by atoms with E-state index in [1.54, 1.807) is 13.2 Å². The molecular formula is C21H24N4O2. The van der Waals surface area contributed by atoms with Gasteiger partial charge in [0.25, 0.3) is 0 Å². The maximum absolute atomic E-state index is 12.4. The van der Waals surface area contributed by atoms with E-state index in [-0.39, 0.29) is 6.03 Å². The van der Waals surface area contributed by atoms with Gasteiger partial charge >= 0.3 is 6.03 Å². The fourth-order valence-electron chi connectivity index (χ4n) is 2.96. The van der Waals surface area contributed by atoms with E-state index in [0.717, 1.165) is 17.1 Å². The second-order valence-corrected chi connectivity index (χ2v) is 6.44. The number of hydrogen-bond acceptors (Lipinski definition) is 3. The van der Waals surface area contributed by atoms with Gasteiger partial charge in [0.05, 0.1) is 30.7 Å². The quantitative estimate of drug-likeness (QED) is 0.700. The fourth-order valence-corrected chi connectivity index (χ4v) is 2.96. The summed E-state index contributed by atoms with van der Waals surface area (Å²) in [5, 5.41) is 10.3. The van der Waals surface area contributed by atoms with Crippen molar-refractivity contribution in [2.24, 2.45) is 0 Å². The first-order valence-corrected chi connectivity index (χ1v) is 8.78. The molecule has 1 heterocycles. The van der Waals surface area contributed by atoms with Crippen LogP contribution < -0.4 is 15.4 Å². The first-order chi connectivity index (χ1) is 13.0. The summed E-state index contributed by atoms with van der Waals surface area (Å²) in [5.74, 6) is 0.686. The lowest BCUT2D eigenvalue weighted by Gasteiger charge is -2.10. The van der Waals surface area contributed by atoms with Crippen LogP contribution >= 0.6 is 0 Å². The number of amides is 2. The standard InChI is InChI=1S/C21H24N4O2/c1-14-8-5-6-9-17(14)13-25-16(3)20(15(2)24-25)23-21(26)22-18-10-7-11-19(12-18)27-4/h5-12H,13H2,1-4H3,(H2,22,23,26). The number of carbonyl (C=O) groups excluding carboxylic acids is 1. The molecule has 0 aliphatic carbocycles. The highest BCUT2D eigenvalue weighted by Crippen LogP contribution is 2.22. The van der Waals surface area contributed by atoms with E-state index in [9.17, 15) is 4.79 Å². The van der Waals surface area contributed by atoms with Gasteiger partial charge in [0.15, 0.2) is 0 Å². The lowest BCUT2D eigenvalue weighted by Crippen LogP contribution is -2.20. The van der Waals surface area contributed by atoms with Crippen molar-refractivity contribution in [3.8, 4) is 5.75 Å². The van der Waals surface area contributed by atoms with Crippen molar-refractivity contribution in [2.45, 2.75) is 27.3 Å². The maximum Gasteiger partial charge on any atom is 0.323 e. The van der Waals surface area contributed by atoms with Gasteiger partial charge in [-0.15, -0.1) is 0 Å². The molecule has 0 aliphatic rings. The molecule has 3 rings (SSSR count).